The van der Waals surface area contributed by atoms with Crippen LogP contribution in [0.2, 0.25) is 0 Å². The van der Waals surface area contributed by atoms with Crippen molar-refractivity contribution in [1.82, 2.24) is 0 Å². The molecule has 5 heteroatoms. The monoisotopic (exact) mass is 352 g/mol. The van der Waals surface area contributed by atoms with Crippen molar-refractivity contribution in [2.45, 2.75) is 77.5 Å². The van der Waals surface area contributed by atoms with Crippen LogP contribution in [0.25, 0.3) is 0 Å². The van der Waals surface area contributed by atoms with E-state index in [0.717, 1.165) is 5.57 Å². The van der Waals surface area contributed by atoms with E-state index in [0.29, 0.717) is 24.0 Å². The van der Waals surface area contributed by atoms with Crippen LogP contribution in [-0.2, 0) is 0 Å². The molecule has 142 valence electrons. The molecule has 0 radical (unpaired) electrons. The normalized spacial score (nSPS) is 50.1. The highest BCUT2D eigenvalue weighted by Gasteiger charge is 2.59. The summed E-state index contributed by atoms with van der Waals surface area (Å²) in [6.07, 6.45) is -3.48. The van der Waals surface area contributed by atoms with Gasteiger partial charge in [-0.2, -0.15) is 0 Å². The minimum atomic E-state index is -1.20. The molecule has 0 saturated heterocycles. The van der Waals surface area contributed by atoms with Gasteiger partial charge in [0.1, 0.15) is 6.10 Å². The smallest absolute Gasteiger partial charge is 0.102 e. The quantitative estimate of drug-likeness (QED) is 0.421. The van der Waals surface area contributed by atoms with Crippen molar-refractivity contribution in [2.75, 3.05) is 0 Å². The van der Waals surface area contributed by atoms with Crippen molar-refractivity contribution in [1.29, 1.82) is 0 Å². The SMILES string of the molecule is C=C1[C@H]2C[C@@H]3C[C@H](O)C(C)=C([C@@H](O)[C@H](O)[C@]2(C)[C@@H](O)C[C@@H]1O)C3(C)C. The molecule has 0 aromatic rings. The predicted molar refractivity (Wildman–Crippen MR) is 94.6 cm³/mol. The van der Waals surface area contributed by atoms with E-state index < -0.39 is 41.3 Å². The average molecular weight is 352 g/mol. The third-order valence-electron chi connectivity index (χ3n) is 7.69. The maximum atomic E-state index is 11.1. The number of fused-ring (bicyclic) bond motifs is 3. The molecule has 2 fully saturated rings. The Balaban J connectivity index is 2.19. The standard InChI is InChI=1S/C20H32O5/c1-9-12-6-11-7-13(21)10(2)16(19(11,3)4)17(24)18(25)20(12,5)15(23)8-14(9)22/h11-15,17-18,21-25H,1,6-8H2,2-5H3/t11-,12-,13+,14+,15+,17-,18+,20+/m1/s1. The maximum absolute atomic E-state index is 11.1. The van der Waals surface area contributed by atoms with Crippen molar-refractivity contribution in [3.8, 4) is 0 Å². The Morgan fingerprint density at radius 3 is 2.12 bits per heavy atom. The van der Waals surface area contributed by atoms with E-state index >= 15 is 0 Å². The summed E-state index contributed by atoms with van der Waals surface area (Å²) in [6, 6.07) is 0. The van der Waals surface area contributed by atoms with Crippen molar-refractivity contribution >= 4 is 0 Å². The number of hydrogen-bond acceptors (Lipinski definition) is 5. The zero-order chi connectivity index (χ0) is 18.9. The molecule has 25 heavy (non-hydrogen) atoms. The van der Waals surface area contributed by atoms with Gasteiger partial charge in [0.05, 0.1) is 24.4 Å². The number of aliphatic hydroxyl groups is 5. The summed E-state index contributed by atoms with van der Waals surface area (Å²) >= 11 is 0. The van der Waals surface area contributed by atoms with Gasteiger partial charge in [0.2, 0.25) is 0 Å². The van der Waals surface area contributed by atoms with E-state index in [1.54, 1.807) is 6.92 Å². The Labute approximate surface area is 149 Å². The molecule has 0 unspecified atom stereocenters. The summed E-state index contributed by atoms with van der Waals surface area (Å²) in [4.78, 5) is 0. The molecule has 3 aliphatic carbocycles. The lowest BCUT2D eigenvalue weighted by Gasteiger charge is -2.58. The largest absolute Gasteiger partial charge is 0.392 e. The lowest BCUT2D eigenvalue weighted by molar-refractivity contribution is -0.166. The zero-order valence-corrected chi connectivity index (χ0v) is 15.6. The highest BCUT2D eigenvalue weighted by molar-refractivity contribution is 5.35. The fourth-order valence-corrected chi connectivity index (χ4v) is 5.73. The molecule has 0 aromatic heterocycles. The van der Waals surface area contributed by atoms with E-state index in [4.69, 9.17) is 0 Å². The second-order valence-electron chi connectivity index (χ2n) is 9.15. The summed E-state index contributed by atoms with van der Waals surface area (Å²) in [5.41, 5.74) is 0.641. The summed E-state index contributed by atoms with van der Waals surface area (Å²) in [6.45, 7) is 11.7. The zero-order valence-electron chi connectivity index (χ0n) is 15.6. The summed E-state index contributed by atoms with van der Waals surface area (Å²) in [7, 11) is 0. The molecule has 0 aromatic carbocycles. The van der Waals surface area contributed by atoms with Crippen LogP contribution < -0.4 is 0 Å². The van der Waals surface area contributed by atoms with Crippen LogP contribution in [0.1, 0.15) is 47.0 Å². The van der Waals surface area contributed by atoms with Crippen LogP contribution in [0.3, 0.4) is 0 Å². The first-order chi connectivity index (χ1) is 11.4. The van der Waals surface area contributed by atoms with Crippen LogP contribution in [-0.4, -0.2) is 56.1 Å². The maximum Gasteiger partial charge on any atom is 0.102 e. The fourth-order valence-electron chi connectivity index (χ4n) is 5.73. The molecule has 0 amide bonds. The molecule has 0 spiro atoms. The minimum absolute atomic E-state index is 0.0573. The molecule has 0 aliphatic heterocycles. The number of rotatable bonds is 0. The minimum Gasteiger partial charge on any atom is -0.392 e. The second-order valence-corrected chi connectivity index (χ2v) is 9.15. The van der Waals surface area contributed by atoms with Gasteiger partial charge in [-0.1, -0.05) is 27.4 Å². The molecular weight excluding hydrogens is 320 g/mol. The fraction of sp³-hybridized carbons (Fsp3) is 0.800. The highest BCUT2D eigenvalue weighted by Crippen LogP contribution is 2.58. The third kappa shape index (κ3) is 2.47. The van der Waals surface area contributed by atoms with Crippen molar-refractivity contribution in [2.24, 2.45) is 22.7 Å². The van der Waals surface area contributed by atoms with Gasteiger partial charge in [0.25, 0.3) is 0 Å². The van der Waals surface area contributed by atoms with Crippen molar-refractivity contribution in [3.63, 3.8) is 0 Å². The van der Waals surface area contributed by atoms with Gasteiger partial charge in [-0.15, -0.1) is 0 Å². The Morgan fingerprint density at radius 1 is 0.920 bits per heavy atom. The average Bonchev–Trinajstić information content (AvgIpc) is 2.52. The molecule has 3 aliphatic rings. The molecule has 0 heterocycles. The van der Waals surface area contributed by atoms with E-state index in [-0.39, 0.29) is 18.3 Å². The van der Waals surface area contributed by atoms with Gasteiger partial charge in [-0.05, 0) is 53.7 Å². The highest BCUT2D eigenvalue weighted by atomic mass is 16.3. The Bertz CT molecular complexity index is 609. The third-order valence-corrected chi connectivity index (χ3v) is 7.69. The van der Waals surface area contributed by atoms with Crippen molar-refractivity contribution in [3.05, 3.63) is 23.3 Å². The number of aliphatic hydroxyl groups excluding tert-OH is 5. The Kier molecular flexibility index (Phi) is 4.49. The van der Waals surface area contributed by atoms with Crippen LogP contribution in [0.15, 0.2) is 23.3 Å². The Hall–Kier alpha value is -0.720. The number of hydrogen-bond donors (Lipinski definition) is 5. The molecule has 2 bridgehead atoms. The summed E-state index contributed by atoms with van der Waals surface area (Å²) < 4.78 is 0. The van der Waals surface area contributed by atoms with E-state index in [1.165, 1.54) is 0 Å². The Morgan fingerprint density at radius 2 is 1.52 bits per heavy atom. The second kappa shape index (κ2) is 5.89. The first-order valence-corrected chi connectivity index (χ1v) is 9.24. The van der Waals surface area contributed by atoms with E-state index in [9.17, 15) is 25.5 Å². The van der Waals surface area contributed by atoms with Gasteiger partial charge in [-0.25, -0.2) is 0 Å². The lowest BCUT2D eigenvalue weighted by Crippen LogP contribution is -2.62. The lowest BCUT2D eigenvalue weighted by atomic mass is 9.50. The predicted octanol–water partition coefficient (Wildman–Crippen LogP) is 1.14. The molecule has 3 rings (SSSR count). The summed E-state index contributed by atoms with van der Waals surface area (Å²) in [5.74, 6) is -0.269. The van der Waals surface area contributed by atoms with E-state index in [2.05, 4.69) is 6.58 Å². The van der Waals surface area contributed by atoms with E-state index in [1.807, 2.05) is 20.8 Å². The molecule has 5 N–H and O–H groups in total. The first kappa shape index (κ1) is 19.1. The molecule has 5 nitrogen and oxygen atoms in total. The van der Waals surface area contributed by atoms with Gasteiger partial charge in [0, 0.05) is 11.8 Å². The van der Waals surface area contributed by atoms with Gasteiger partial charge in [-0.3, -0.25) is 0 Å². The summed E-state index contributed by atoms with van der Waals surface area (Å²) in [5, 5.41) is 53.7. The topological polar surface area (TPSA) is 101 Å². The first-order valence-electron chi connectivity index (χ1n) is 9.24. The molecule has 8 atom stereocenters. The van der Waals surface area contributed by atoms with Gasteiger partial charge < -0.3 is 25.5 Å². The van der Waals surface area contributed by atoms with Crippen LogP contribution in [0, 0.1) is 22.7 Å². The van der Waals surface area contributed by atoms with Gasteiger partial charge >= 0.3 is 0 Å². The molecule has 2 saturated carbocycles. The molecular formula is C20H32O5. The van der Waals surface area contributed by atoms with Crippen molar-refractivity contribution < 1.29 is 25.5 Å². The van der Waals surface area contributed by atoms with Crippen LogP contribution in [0.5, 0.6) is 0 Å². The van der Waals surface area contributed by atoms with Crippen LogP contribution >= 0.6 is 0 Å². The van der Waals surface area contributed by atoms with Crippen LogP contribution in [0.4, 0.5) is 0 Å². The van der Waals surface area contributed by atoms with Gasteiger partial charge in [0.15, 0.2) is 0 Å².